The highest BCUT2D eigenvalue weighted by Gasteiger charge is 2.36. The normalized spacial score (nSPS) is 19.5. The number of hydrogen-bond acceptors (Lipinski definition) is 2. The molecule has 124 valence electrons. The maximum atomic E-state index is 12.4. The molecule has 1 aliphatic heterocycles. The zero-order chi connectivity index (χ0) is 17.3. The average molecular weight is 322 g/mol. The number of anilines is 2. The van der Waals surface area contributed by atoms with Crippen LogP contribution >= 0.6 is 0 Å². The summed E-state index contributed by atoms with van der Waals surface area (Å²) < 4.78 is 0. The lowest BCUT2D eigenvalue weighted by atomic mass is 9.90. The Morgan fingerprint density at radius 2 is 1.62 bits per heavy atom. The van der Waals surface area contributed by atoms with Crippen molar-refractivity contribution in [2.24, 2.45) is 0 Å². The third-order valence-electron chi connectivity index (χ3n) is 4.58. The first kappa shape index (κ1) is 16.2. The van der Waals surface area contributed by atoms with Crippen LogP contribution in [0.2, 0.25) is 0 Å². The number of nitrogens with zero attached hydrogens (tertiary/aromatic N) is 2. The Bertz CT molecular complexity index is 757. The van der Waals surface area contributed by atoms with Gasteiger partial charge in [0.25, 0.3) is 0 Å². The van der Waals surface area contributed by atoms with Crippen LogP contribution in [0.5, 0.6) is 0 Å². The second kappa shape index (κ2) is 6.48. The Kier molecular flexibility index (Phi) is 4.38. The molecule has 0 N–H and O–H groups in total. The van der Waals surface area contributed by atoms with Crippen molar-refractivity contribution in [2.45, 2.75) is 39.3 Å². The van der Waals surface area contributed by atoms with Crippen LogP contribution in [0.1, 0.15) is 38.8 Å². The predicted molar refractivity (Wildman–Crippen MR) is 96.0 cm³/mol. The van der Waals surface area contributed by atoms with E-state index in [4.69, 9.17) is 0 Å². The Hall–Kier alpha value is -2.62. The van der Waals surface area contributed by atoms with Gasteiger partial charge in [0.05, 0.1) is 6.04 Å². The molecule has 2 aromatic rings. The second-order valence-electron chi connectivity index (χ2n) is 6.27. The van der Waals surface area contributed by atoms with E-state index in [-0.39, 0.29) is 23.9 Å². The molecule has 1 aliphatic rings. The van der Waals surface area contributed by atoms with Gasteiger partial charge in [0.1, 0.15) is 0 Å². The molecule has 0 spiro atoms. The van der Waals surface area contributed by atoms with E-state index in [1.54, 1.807) is 13.8 Å². The van der Waals surface area contributed by atoms with Gasteiger partial charge in [-0.2, -0.15) is 0 Å². The van der Waals surface area contributed by atoms with Gasteiger partial charge in [-0.15, -0.1) is 0 Å². The molecule has 0 aromatic heterocycles. The zero-order valence-corrected chi connectivity index (χ0v) is 14.3. The van der Waals surface area contributed by atoms with Gasteiger partial charge in [-0.3, -0.25) is 9.59 Å². The summed E-state index contributed by atoms with van der Waals surface area (Å²) in [5.41, 5.74) is 2.80. The number of fused-ring (bicyclic) bond motifs is 1. The smallest absolute Gasteiger partial charge is 0.224 e. The fourth-order valence-electron chi connectivity index (χ4n) is 3.68. The van der Waals surface area contributed by atoms with Gasteiger partial charge >= 0.3 is 0 Å². The van der Waals surface area contributed by atoms with E-state index in [0.717, 1.165) is 16.9 Å². The molecule has 3 rings (SSSR count). The number of carbonyl (C=O) groups excluding carboxylic acids is 2. The van der Waals surface area contributed by atoms with Gasteiger partial charge in [-0.05, 0) is 37.1 Å². The first-order valence-electron chi connectivity index (χ1n) is 8.24. The SMILES string of the molecule is CC(=O)N1c2ccccc2[C@@H](N(C(C)=O)c2ccccc2)C[C@H]1C. The van der Waals surface area contributed by atoms with Crippen LogP contribution in [0.3, 0.4) is 0 Å². The molecule has 24 heavy (non-hydrogen) atoms. The fraction of sp³-hybridized carbons (Fsp3) is 0.300. The van der Waals surface area contributed by atoms with Crippen LogP contribution in [0, 0.1) is 0 Å². The monoisotopic (exact) mass is 322 g/mol. The first-order valence-corrected chi connectivity index (χ1v) is 8.24. The van der Waals surface area contributed by atoms with E-state index in [1.807, 2.05) is 71.3 Å². The highest BCUT2D eigenvalue weighted by Crippen LogP contribution is 2.42. The Balaban J connectivity index is 2.12. The molecule has 0 saturated heterocycles. The quantitative estimate of drug-likeness (QED) is 0.840. The molecule has 0 bridgehead atoms. The molecule has 2 atom stereocenters. The van der Waals surface area contributed by atoms with Gasteiger partial charge in [-0.25, -0.2) is 0 Å². The lowest BCUT2D eigenvalue weighted by molar-refractivity contribution is -0.117. The Labute approximate surface area is 142 Å². The number of carbonyl (C=O) groups is 2. The van der Waals surface area contributed by atoms with Crippen LogP contribution in [0.25, 0.3) is 0 Å². The van der Waals surface area contributed by atoms with Gasteiger partial charge < -0.3 is 9.80 Å². The van der Waals surface area contributed by atoms with Crippen LogP contribution in [0.15, 0.2) is 54.6 Å². The van der Waals surface area contributed by atoms with E-state index in [2.05, 4.69) is 0 Å². The Morgan fingerprint density at radius 3 is 2.25 bits per heavy atom. The van der Waals surface area contributed by atoms with Crippen molar-refractivity contribution in [1.29, 1.82) is 0 Å². The molecule has 4 nitrogen and oxygen atoms in total. The molecule has 0 aliphatic carbocycles. The van der Waals surface area contributed by atoms with Crippen molar-refractivity contribution in [2.75, 3.05) is 9.80 Å². The summed E-state index contributed by atoms with van der Waals surface area (Å²) in [6, 6.07) is 17.5. The lowest BCUT2D eigenvalue weighted by Gasteiger charge is -2.43. The maximum absolute atomic E-state index is 12.4. The molecule has 0 radical (unpaired) electrons. The summed E-state index contributed by atoms with van der Waals surface area (Å²) in [6.07, 6.45) is 0.713. The van der Waals surface area contributed by atoms with Crippen LogP contribution < -0.4 is 9.80 Å². The van der Waals surface area contributed by atoms with Crippen LogP contribution in [0.4, 0.5) is 11.4 Å². The van der Waals surface area contributed by atoms with Crippen LogP contribution in [-0.4, -0.2) is 17.9 Å². The second-order valence-corrected chi connectivity index (χ2v) is 6.27. The van der Waals surface area contributed by atoms with Crippen molar-refractivity contribution in [3.8, 4) is 0 Å². The minimum atomic E-state index is -0.0771. The number of hydrogen-bond donors (Lipinski definition) is 0. The standard InChI is InChI=1S/C20H22N2O2/c1-14-13-20(22(16(3)24)17-9-5-4-6-10-17)18-11-7-8-12-19(18)21(14)15(2)23/h4-12,14,20H,13H2,1-3H3/t14-,20+/m1/s1. The minimum Gasteiger partial charge on any atom is -0.309 e. The van der Waals surface area contributed by atoms with Crippen LogP contribution in [-0.2, 0) is 9.59 Å². The summed E-state index contributed by atoms with van der Waals surface area (Å²) in [4.78, 5) is 28.2. The third kappa shape index (κ3) is 2.80. The summed E-state index contributed by atoms with van der Waals surface area (Å²) >= 11 is 0. The highest BCUT2D eigenvalue weighted by molar-refractivity contribution is 5.96. The van der Waals surface area contributed by atoms with Crippen molar-refractivity contribution in [1.82, 2.24) is 0 Å². The first-order chi connectivity index (χ1) is 11.5. The molecule has 0 unspecified atom stereocenters. The van der Waals surface area contributed by atoms with Crippen molar-refractivity contribution >= 4 is 23.2 Å². The molecule has 0 saturated carbocycles. The predicted octanol–water partition coefficient (Wildman–Crippen LogP) is 3.93. The summed E-state index contributed by atoms with van der Waals surface area (Å²) in [6.45, 7) is 5.22. The number of benzene rings is 2. The molecule has 4 heteroatoms. The largest absolute Gasteiger partial charge is 0.309 e. The molecule has 2 amide bonds. The average Bonchev–Trinajstić information content (AvgIpc) is 2.55. The van der Waals surface area contributed by atoms with Gasteiger partial charge in [0, 0.05) is 31.3 Å². The van der Waals surface area contributed by atoms with Gasteiger partial charge in [-0.1, -0.05) is 36.4 Å². The summed E-state index contributed by atoms with van der Waals surface area (Å²) in [5, 5.41) is 0. The van der Waals surface area contributed by atoms with Crippen molar-refractivity contribution in [3.63, 3.8) is 0 Å². The molecule has 2 aromatic carbocycles. The zero-order valence-electron chi connectivity index (χ0n) is 14.3. The van der Waals surface area contributed by atoms with Crippen molar-refractivity contribution < 1.29 is 9.59 Å². The lowest BCUT2D eigenvalue weighted by Crippen LogP contribution is -2.46. The number of amides is 2. The number of para-hydroxylation sites is 2. The molecular formula is C20H22N2O2. The minimum absolute atomic E-state index is 0.00415. The van der Waals surface area contributed by atoms with E-state index in [0.29, 0.717) is 6.42 Å². The van der Waals surface area contributed by atoms with E-state index in [1.165, 1.54) is 0 Å². The van der Waals surface area contributed by atoms with E-state index < -0.39 is 0 Å². The van der Waals surface area contributed by atoms with Gasteiger partial charge in [0.2, 0.25) is 11.8 Å². The molecular weight excluding hydrogens is 300 g/mol. The highest BCUT2D eigenvalue weighted by atomic mass is 16.2. The van der Waals surface area contributed by atoms with Gasteiger partial charge in [0.15, 0.2) is 0 Å². The van der Waals surface area contributed by atoms with Crippen molar-refractivity contribution in [3.05, 3.63) is 60.2 Å². The maximum Gasteiger partial charge on any atom is 0.224 e. The topological polar surface area (TPSA) is 40.6 Å². The molecule has 0 fully saturated rings. The van der Waals surface area contributed by atoms with E-state index >= 15 is 0 Å². The van der Waals surface area contributed by atoms with E-state index in [9.17, 15) is 9.59 Å². The number of rotatable bonds is 2. The Morgan fingerprint density at radius 1 is 1.00 bits per heavy atom. The molecule has 1 heterocycles. The third-order valence-corrected chi connectivity index (χ3v) is 4.58. The summed E-state index contributed by atoms with van der Waals surface area (Å²) in [5.74, 6) is 0.0342. The summed E-state index contributed by atoms with van der Waals surface area (Å²) in [7, 11) is 0. The fourth-order valence-corrected chi connectivity index (χ4v) is 3.68.